The third-order valence-corrected chi connectivity index (χ3v) is 4.27. The fourth-order valence-electron chi connectivity index (χ4n) is 2.66. The highest BCUT2D eigenvalue weighted by molar-refractivity contribution is 5.48. The van der Waals surface area contributed by atoms with E-state index in [4.69, 9.17) is 9.97 Å². The average Bonchev–Trinajstić information content (AvgIpc) is 3.15. The zero-order valence-corrected chi connectivity index (χ0v) is 11.6. The minimum absolute atomic E-state index is 0.273. The smallest absolute Gasteiger partial charge is 0.136 e. The number of hydrogen-bond donors (Lipinski definition) is 1. The Kier molecular flexibility index (Phi) is 3.00. The molecule has 1 fully saturated rings. The summed E-state index contributed by atoms with van der Waals surface area (Å²) in [5.74, 6) is 2.21. The summed E-state index contributed by atoms with van der Waals surface area (Å²) in [4.78, 5) is 9.70. The van der Waals surface area contributed by atoms with Gasteiger partial charge in [-0.25, -0.2) is 9.97 Å². The maximum absolute atomic E-state index is 4.86. The van der Waals surface area contributed by atoms with E-state index in [0.717, 1.165) is 37.4 Å². The normalized spacial score (nSPS) is 20.3. The molecule has 2 aliphatic carbocycles. The van der Waals surface area contributed by atoms with Gasteiger partial charge < -0.3 is 5.32 Å². The third-order valence-electron chi connectivity index (χ3n) is 4.27. The fraction of sp³-hybridized carbons (Fsp3) is 0.733. The Labute approximate surface area is 109 Å². The van der Waals surface area contributed by atoms with Crippen molar-refractivity contribution >= 4 is 5.82 Å². The lowest BCUT2D eigenvalue weighted by Gasteiger charge is -2.21. The first-order valence-corrected chi connectivity index (χ1v) is 7.37. The Morgan fingerprint density at radius 2 is 1.94 bits per heavy atom. The molecule has 3 heteroatoms. The van der Waals surface area contributed by atoms with Gasteiger partial charge in [0.2, 0.25) is 0 Å². The van der Waals surface area contributed by atoms with Crippen molar-refractivity contribution in [3.05, 3.63) is 17.1 Å². The molecule has 0 aliphatic heterocycles. The van der Waals surface area contributed by atoms with Gasteiger partial charge in [0, 0.05) is 23.2 Å². The minimum Gasteiger partial charge on any atom is -0.370 e. The van der Waals surface area contributed by atoms with Crippen LogP contribution in [0, 0.1) is 0 Å². The Morgan fingerprint density at radius 1 is 1.17 bits per heavy atom. The lowest BCUT2D eigenvalue weighted by molar-refractivity contribution is 0.631. The standard InChI is InChI=1S/C15H23N3/c1-3-10-16-13-11-6-4-5-7-12(11)17-14(18-13)15(2)8-9-15/h3-10H2,1-2H3,(H,16,17,18). The average molecular weight is 245 g/mol. The summed E-state index contributed by atoms with van der Waals surface area (Å²) in [7, 11) is 0. The quantitative estimate of drug-likeness (QED) is 0.885. The summed E-state index contributed by atoms with van der Waals surface area (Å²) in [6.07, 6.45) is 8.50. The van der Waals surface area contributed by atoms with Crippen LogP contribution >= 0.6 is 0 Å². The molecule has 0 radical (unpaired) electrons. The number of aromatic nitrogens is 2. The van der Waals surface area contributed by atoms with Crippen LogP contribution in [-0.4, -0.2) is 16.5 Å². The van der Waals surface area contributed by atoms with Gasteiger partial charge in [-0.3, -0.25) is 0 Å². The number of hydrogen-bond acceptors (Lipinski definition) is 3. The van der Waals surface area contributed by atoms with Crippen molar-refractivity contribution in [1.82, 2.24) is 9.97 Å². The van der Waals surface area contributed by atoms with Crippen LogP contribution in [0.3, 0.4) is 0 Å². The Hall–Kier alpha value is -1.12. The van der Waals surface area contributed by atoms with Crippen molar-refractivity contribution < 1.29 is 0 Å². The molecule has 1 aromatic heterocycles. The van der Waals surface area contributed by atoms with Crippen molar-refractivity contribution in [2.24, 2.45) is 0 Å². The predicted octanol–water partition coefficient (Wildman–Crippen LogP) is 3.23. The van der Waals surface area contributed by atoms with Gasteiger partial charge in [-0.1, -0.05) is 13.8 Å². The largest absolute Gasteiger partial charge is 0.370 e. The summed E-state index contributed by atoms with van der Waals surface area (Å²) in [6, 6.07) is 0. The van der Waals surface area contributed by atoms with Crippen molar-refractivity contribution in [2.45, 2.75) is 64.2 Å². The second kappa shape index (κ2) is 4.52. The molecule has 0 aromatic carbocycles. The molecule has 3 nitrogen and oxygen atoms in total. The van der Waals surface area contributed by atoms with Gasteiger partial charge >= 0.3 is 0 Å². The molecule has 1 aromatic rings. The van der Waals surface area contributed by atoms with Crippen molar-refractivity contribution in [1.29, 1.82) is 0 Å². The monoisotopic (exact) mass is 245 g/mol. The van der Waals surface area contributed by atoms with Gasteiger partial charge in [-0.2, -0.15) is 0 Å². The van der Waals surface area contributed by atoms with E-state index in [1.807, 2.05) is 0 Å². The SMILES string of the molecule is CCCNc1nc(C2(C)CC2)nc2c1CCCC2. The van der Waals surface area contributed by atoms with Crippen LogP contribution in [0.15, 0.2) is 0 Å². The van der Waals surface area contributed by atoms with Crippen molar-refractivity contribution in [3.8, 4) is 0 Å². The number of fused-ring (bicyclic) bond motifs is 1. The molecule has 3 rings (SSSR count). The van der Waals surface area contributed by atoms with Gasteiger partial charge in [-0.05, 0) is 44.9 Å². The number of rotatable bonds is 4. The van der Waals surface area contributed by atoms with Crippen LogP contribution in [0.25, 0.3) is 0 Å². The van der Waals surface area contributed by atoms with Crippen LogP contribution in [0.4, 0.5) is 5.82 Å². The maximum Gasteiger partial charge on any atom is 0.136 e. The second-order valence-electron chi connectivity index (χ2n) is 6.02. The van der Waals surface area contributed by atoms with Gasteiger partial charge in [-0.15, -0.1) is 0 Å². The fourth-order valence-corrected chi connectivity index (χ4v) is 2.66. The lowest BCUT2D eigenvalue weighted by Crippen LogP contribution is -2.18. The first-order chi connectivity index (χ1) is 8.73. The van der Waals surface area contributed by atoms with Crippen LogP contribution < -0.4 is 5.32 Å². The van der Waals surface area contributed by atoms with E-state index in [-0.39, 0.29) is 5.41 Å². The Morgan fingerprint density at radius 3 is 2.67 bits per heavy atom. The third kappa shape index (κ3) is 2.11. The molecule has 0 spiro atoms. The number of aryl methyl sites for hydroxylation is 1. The van der Waals surface area contributed by atoms with E-state index in [0.29, 0.717) is 0 Å². The summed E-state index contributed by atoms with van der Waals surface area (Å²) in [6.45, 7) is 5.50. The topological polar surface area (TPSA) is 37.8 Å². The molecule has 0 saturated heterocycles. The number of nitrogens with zero attached hydrogens (tertiary/aromatic N) is 2. The number of anilines is 1. The Balaban J connectivity index is 1.98. The van der Waals surface area contributed by atoms with Crippen molar-refractivity contribution in [2.75, 3.05) is 11.9 Å². The van der Waals surface area contributed by atoms with Gasteiger partial charge in [0.05, 0.1) is 0 Å². The maximum atomic E-state index is 4.86. The van der Waals surface area contributed by atoms with E-state index in [9.17, 15) is 0 Å². The van der Waals surface area contributed by atoms with E-state index >= 15 is 0 Å². The molecule has 2 aliphatic rings. The highest BCUT2D eigenvalue weighted by Crippen LogP contribution is 2.46. The van der Waals surface area contributed by atoms with Gasteiger partial charge in [0.1, 0.15) is 11.6 Å². The molecule has 18 heavy (non-hydrogen) atoms. The molecule has 1 heterocycles. The van der Waals surface area contributed by atoms with Crippen LogP contribution in [0.2, 0.25) is 0 Å². The van der Waals surface area contributed by atoms with Crippen molar-refractivity contribution in [3.63, 3.8) is 0 Å². The Bertz CT molecular complexity index is 449. The molecular formula is C15H23N3. The molecule has 0 unspecified atom stereocenters. The molecule has 1 saturated carbocycles. The van der Waals surface area contributed by atoms with E-state index in [2.05, 4.69) is 19.2 Å². The van der Waals surface area contributed by atoms with Gasteiger partial charge in [0.25, 0.3) is 0 Å². The minimum atomic E-state index is 0.273. The molecule has 0 atom stereocenters. The molecule has 0 bridgehead atoms. The van der Waals surface area contributed by atoms with Gasteiger partial charge in [0.15, 0.2) is 0 Å². The highest BCUT2D eigenvalue weighted by atomic mass is 15.1. The first kappa shape index (κ1) is 11.9. The van der Waals surface area contributed by atoms with Crippen LogP contribution in [-0.2, 0) is 18.3 Å². The molecule has 0 amide bonds. The summed E-state index contributed by atoms with van der Waals surface area (Å²) >= 11 is 0. The molecular weight excluding hydrogens is 222 g/mol. The van der Waals surface area contributed by atoms with E-state index < -0.39 is 0 Å². The highest BCUT2D eigenvalue weighted by Gasteiger charge is 2.42. The lowest BCUT2D eigenvalue weighted by atomic mass is 9.95. The molecule has 98 valence electrons. The number of nitrogens with one attached hydrogen (secondary N) is 1. The second-order valence-corrected chi connectivity index (χ2v) is 6.02. The zero-order chi connectivity index (χ0) is 12.6. The summed E-state index contributed by atoms with van der Waals surface area (Å²) in [5.41, 5.74) is 2.98. The zero-order valence-electron chi connectivity index (χ0n) is 11.6. The molecule has 1 N–H and O–H groups in total. The first-order valence-electron chi connectivity index (χ1n) is 7.37. The predicted molar refractivity (Wildman–Crippen MR) is 74.0 cm³/mol. The van der Waals surface area contributed by atoms with E-state index in [1.165, 1.54) is 36.9 Å². The van der Waals surface area contributed by atoms with Crippen LogP contribution in [0.1, 0.15) is 63.0 Å². The van der Waals surface area contributed by atoms with Crippen LogP contribution in [0.5, 0.6) is 0 Å². The summed E-state index contributed by atoms with van der Waals surface area (Å²) < 4.78 is 0. The van der Waals surface area contributed by atoms with E-state index in [1.54, 1.807) is 0 Å². The summed E-state index contributed by atoms with van der Waals surface area (Å²) in [5, 5.41) is 3.51.